The fourth-order valence-electron chi connectivity index (χ4n) is 2.42. The lowest BCUT2D eigenvalue weighted by atomic mass is 9.88. The van der Waals surface area contributed by atoms with Crippen LogP contribution >= 0.6 is 0 Å². The quantitative estimate of drug-likeness (QED) is 0.675. The molecular formula is C12H20N2O3. The second kappa shape index (κ2) is 4.29. The zero-order valence-corrected chi connectivity index (χ0v) is 10.7. The van der Waals surface area contributed by atoms with Crippen molar-refractivity contribution in [1.29, 1.82) is 0 Å². The number of Topliss-reactive ketones (excluding diaryl/α,β-unsaturated/α-hetero) is 1. The van der Waals surface area contributed by atoms with E-state index in [1.54, 1.807) is 0 Å². The maximum Gasteiger partial charge on any atom is 0.410 e. The molecule has 0 aromatic heterocycles. The Morgan fingerprint density at radius 1 is 1.41 bits per heavy atom. The van der Waals surface area contributed by atoms with Gasteiger partial charge in [-0.05, 0) is 20.8 Å². The number of likely N-dealkylation sites (tertiary alicyclic amines) is 1. The number of piperidine rings is 1. The van der Waals surface area contributed by atoms with Gasteiger partial charge in [-0.2, -0.15) is 0 Å². The summed E-state index contributed by atoms with van der Waals surface area (Å²) < 4.78 is 5.29. The third-order valence-corrected chi connectivity index (χ3v) is 3.21. The second-order valence-corrected chi connectivity index (χ2v) is 5.85. The minimum Gasteiger partial charge on any atom is -0.444 e. The molecule has 17 heavy (non-hydrogen) atoms. The Kier molecular flexibility index (Phi) is 3.12. The van der Waals surface area contributed by atoms with Crippen molar-refractivity contribution in [3.63, 3.8) is 0 Å². The number of rotatable bonds is 0. The van der Waals surface area contributed by atoms with E-state index >= 15 is 0 Å². The van der Waals surface area contributed by atoms with Gasteiger partial charge in [-0.3, -0.25) is 4.79 Å². The van der Waals surface area contributed by atoms with Crippen LogP contribution in [0.3, 0.4) is 0 Å². The fourth-order valence-corrected chi connectivity index (χ4v) is 2.42. The number of nitrogens with zero attached hydrogens (tertiary/aromatic N) is 1. The molecule has 1 N–H and O–H groups in total. The van der Waals surface area contributed by atoms with Crippen LogP contribution in [0, 0.1) is 11.8 Å². The molecule has 2 atom stereocenters. The summed E-state index contributed by atoms with van der Waals surface area (Å²) in [6.07, 6.45) is -0.379. The third kappa shape index (κ3) is 2.77. The van der Waals surface area contributed by atoms with E-state index in [0.29, 0.717) is 6.54 Å². The molecule has 2 heterocycles. The van der Waals surface area contributed by atoms with Crippen molar-refractivity contribution in [2.75, 3.05) is 26.2 Å². The number of carbonyl (C=O) groups excluding carboxylic acids is 2. The summed E-state index contributed by atoms with van der Waals surface area (Å²) in [5.74, 6) is 0.495. The normalized spacial score (nSPS) is 29.1. The van der Waals surface area contributed by atoms with Gasteiger partial charge in [-0.1, -0.05) is 0 Å². The van der Waals surface area contributed by atoms with Crippen LogP contribution in [0.1, 0.15) is 20.8 Å². The molecule has 0 aliphatic carbocycles. The highest BCUT2D eigenvalue weighted by atomic mass is 16.6. The Bertz CT molecular complexity index is 335. The van der Waals surface area contributed by atoms with Crippen molar-refractivity contribution >= 4 is 11.9 Å². The van der Waals surface area contributed by atoms with Gasteiger partial charge in [0.25, 0.3) is 0 Å². The lowest BCUT2D eigenvalue weighted by Crippen LogP contribution is -2.50. The van der Waals surface area contributed by atoms with Crippen molar-refractivity contribution in [2.45, 2.75) is 26.4 Å². The molecule has 5 nitrogen and oxygen atoms in total. The molecule has 0 aromatic rings. The predicted octanol–water partition coefficient (Wildman–Crippen LogP) is 0.642. The van der Waals surface area contributed by atoms with E-state index in [-0.39, 0.29) is 30.3 Å². The molecule has 0 aromatic carbocycles. The molecule has 2 aliphatic heterocycles. The molecule has 0 saturated carbocycles. The smallest absolute Gasteiger partial charge is 0.410 e. The maximum atomic E-state index is 11.9. The number of hydrogen-bond acceptors (Lipinski definition) is 4. The fraction of sp³-hybridized carbons (Fsp3) is 0.833. The molecule has 0 bridgehead atoms. The number of hydrogen-bond donors (Lipinski definition) is 1. The Morgan fingerprint density at radius 2 is 2.12 bits per heavy atom. The maximum absolute atomic E-state index is 11.9. The first-order valence-corrected chi connectivity index (χ1v) is 6.08. The SMILES string of the molecule is CC(C)(C)OC(=O)N1CC(=O)[C@H]2CNC[C@H]2C1. The van der Waals surface area contributed by atoms with E-state index in [0.717, 1.165) is 13.1 Å². The summed E-state index contributed by atoms with van der Waals surface area (Å²) in [6, 6.07) is 0. The van der Waals surface area contributed by atoms with Crippen molar-refractivity contribution in [3.8, 4) is 0 Å². The van der Waals surface area contributed by atoms with Crippen LogP contribution in [0.4, 0.5) is 4.79 Å². The highest BCUT2D eigenvalue weighted by Gasteiger charge is 2.41. The summed E-state index contributed by atoms with van der Waals surface area (Å²) in [5, 5.41) is 3.20. The molecular weight excluding hydrogens is 220 g/mol. The first kappa shape index (κ1) is 12.4. The molecule has 2 saturated heterocycles. The molecule has 96 valence electrons. The number of carbonyl (C=O) groups is 2. The Labute approximate surface area is 101 Å². The Morgan fingerprint density at radius 3 is 2.76 bits per heavy atom. The van der Waals surface area contributed by atoms with Crippen molar-refractivity contribution in [3.05, 3.63) is 0 Å². The largest absolute Gasteiger partial charge is 0.444 e. The molecule has 0 spiro atoms. The molecule has 2 fully saturated rings. The minimum atomic E-state index is -0.509. The monoisotopic (exact) mass is 240 g/mol. The van der Waals surface area contributed by atoms with Crippen LogP contribution in [0.15, 0.2) is 0 Å². The van der Waals surface area contributed by atoms with Crippen LogP contribution in [0.25, 0.3) is 0 Å². The summed E-state index contributed by atoms with van der Waals surface area (Å²) in [6.45, 7) is 7.88. The molecule has 2 rings (SSSR count). The van der Waals surface area contributed by atoms with E-state index in [2.05, 4.69) is 5.32 Å². The van der Waals surface area contributed by atoms with Gasteiger partial charge in [0, 0.05) is 31.5 Å². The zero-order valence-electron chi connectivity index (χ0n) is 10.7. The van der Waals surface area contributed by atoms with Gasteiger partial charge in [0.15, 0.2) is 5.78 Å². The third-order valence-electron chi connectivity index (χ3n) is 3.21. The van der Waals surface area contributed by atoms with Gasteiger partial charge >= 0.3 is 6.09 Å². The minimum absolute atomic E-state index is 0.0914. The average molecular weight is 240 g/mol. The van der Waals surface area contributed by atoms with Gasteiger partial charge < -0.3 is 15.0 Å². The van der Waals surface area contributed by atoms with Gasteiger partial charge in [-0.25, -0.2) is 4.79 Å². The zero-order chi connectivity index (χ0) is 12.6. The van der Waals surface area contributed by atoms with Crippen LogP contribution in [-0.4, -0.2) is 48.6 Å². The lowest BCUT2D eigenvalue weighted by Gasteiger charge is -2.34. The van der Waals surface area contributed by atoms with Gasteiger partial charge in [0.2, 0.25) is 0 Å². The standard InChI is InChI=1S/C12H20N2O3/c1-12(2,3)17-11(16)14-6-8-4-13-5-9(8)10(15)7-14/h8-9,13H,4-7H2,1-3H3/t8-,9-/m0/s1. The topological polar surface area (TPSA) is 58.6 Å². The molecule has 0 unspecified atom stereocenters. The van der Waals surface area contributed by atoms with Gasteiger partial charge in [-0.15, -0.1) is 0 Å². The number of nitrogens with one attached hydrogen (secondary N) is 1. The number of ether oxygens (including phenoxy) is 1. The van der Waals surface area contributed by atoms with Gasteiger partial charge in [0.1, 0.15) is 5.60 Å². The molecule has 0 radical (unpaired) electrons. The van der Waals surface area contributed by atoms with Gasteiger partial charge in [0.05, 0.1) is 6.54 Å². The molecule has 2 aliphatic rings. The van der Waals surface area contributed by atoms with E-state index in [4.69, 9.17) is 4.74 Å². The highest BCUT2D eigenvalue weighted by molar-refractivity contribution is 5.88. The Hall–Kier alpha value is -1.10. The summed E-state index contributed by atoms with van der Waals surface area (Å²) in [5.41, 5.74) is -0.509. The molecule has 5 heteroatoms. The van der Waals surface area contributed by atoms with E-state index in [9.17, 15) is 9.59 Å². The van der Waals surface area contributed by atoms with Crippen LogP contribution in [-0.2, 0) is 9.53 Å². The van der Waals surface area contributed by atoms with Crippen molar-refractivity contribution < 1.29 is 14.3 Å². The van der Waals surface area contributed by atoms with Crippen molar-refractivity contribution in [2.24, 2.45) is 11.8 Å². The number of amides is 1. The number of fused-ring (bicyclic) bond motifs is 1. The van der Waals surface area contributed by atoms with E-state index in [1.807, 2.05) is 20.8 Å². The highest BCUT2D eigenvalue weighted by Crippen LogP contribution is 2.25. The van der Waals surface area contributed by atoms with Crippen LogP contribution in [0.5, 0.6) is 0 Å². The summed E-state index contributed by atoms with van der Waals surface area (Å²) in [4.78, 5) is 25.3. The lowest BCUT2D eigenvalue weighted by molar-refractivity contribution is -0.127. The first-order chi connectivity index (χ1) is 7.87. The Balaban J connectivity index is 1.99. The van der Waals surface area contributed by atoms with Crippen molar-refractivity contribution in [1.82, 2.24) is 10.2 Å². The predicted molar refractivity (Wildman–Crippen MR) is 62.7 cm³/mol. The van der Waals surface area contributed by atoms with Crippen LogP contribution in [0.2, 0.25) is 0 Å². The first-order valence-electron chi connectivity index (χ1n) is 6.08. The summed E-state index contributed by atoms with van der Waals surface area (Å²) in [7, 11) is 0. The van der Waals surface area contributed by atoms with E-state index < -0.39 is 5.60 Å². The average Bonchev–Trinajstić information content (AvgIpc) is 2.63. The van der Waals surface area contributed by atoms with E-state index in [1.165, 1.54) is 4.90 Å². The number of ketones is 1. The second-order valence-electron chi connectivity index (χ2n) is 5.85. The molecule has 1 amide bonds. The van der Waals surface area contributed by atoms with Crippen LogP contribution < -0.4 is 5.32 Å². The summed E-state index contributed by atoms with van der Waals surface area (Å²) >= 11 is 0.